The van der Waals surface area contributed by atoms with Crippen molar-refractivity contribution in [3.8, 4) is 11.5 Å². The molecule has 0 aliphatic rings. The predicted molar refractivity (Wildman–Crippen MR) is 79.1 cm³/mol. The Bertz CT molecular complexity index is 625. The molecule has 106 valence electrons. The Morgan fingerprint density at radius 3 is 2.70 bits per heavy atom. The van der Waals surface area contributed by atoms with Gasteiger partial charge in [-0.3, -0.25) is 0 Å². The molecule has 0 saturated carbocycles. The van der Waals surface area contributed by atoms with E-state index >= 15 is 0 Å². The minimum atomic E-state index is 0.648. The molecule has 0 N–H and O–H groups in total. The summed E-state index contributed by atoms with van der Waals surface area (Å²) in [6, 6.07) is 5.63. The molecular formula is C13H16N4O2S. The van der Waals surface area contributed by atoms with Gasteiger partial charge < -0.3 is 9.47 Å². The highest BCUT2D eigenvalue weighted by molar-refractivity contribution is 7.98. The van der Waals surface area contributed by atoms with Crippen LogP contribution in [0.3, 0.4) is 0 Å². The van der Waals surface area contributed by atoms with Crippen LogP contribution in [-0.4, -0.2) is 41.6 Å². The van der Waals surface area contributed by atoms with Crippen LogP contribution < -0.4 is 9.47 Å². The maximum Gasteiger partial charge on any atom is 0.211 e. The molecule has 0 aliphatic heterocycles. The van der Waals surface area contributed by atoms with Crippen molar-refractivity contribution in [3.63, 3.8) is 0 Å². The van der Waals surface area contributed by atoms with E-state index in [-0.39, 0.29) is 0 Å². The molecule has 0 saturated heterocycles. The van der Waals surface area contributed by atoms with Crippen LogP contribution >= 0.6 is 11.8 Å². The van der Waals surface area contributed by atoms with Gasteiger partial charge in [-0.2, -0.15) is 9.78 Å². The predicted octanol–water partition coefficient (Wildman–Crippen LogP) is 2.21. The van der Waals surface area contributed by atoms with E-state index in [0.29, 0.717) is 11.5 Å². The SMILES string of the molecule is COc1cccc(/C=N\n2c(C)nnc2SC)c1OC. The van der Waals surface area contributed by atoms with E-state index in [0.717, 1.165) is 16.5 Å². The number of rotatable bonds is 5. The maximum atomic E-state index is 5.36. The number of nitrogens with zero attached hydrogens (tertiary/aromatic N) is 4. The van der Waals surface area contributed by atoms with Crippen molar-refractivity contribution in [1.82, 2.24) is 14.9 Å². The number of hydrogen-bond donors (Lipinski definition) is 0. The second-order valence-corrected chi connectivity index (χ2v) is 4.65. The zero-order valence-corrected chi connectivity index (χ0v) is 12.6. The van der Waals surface area contributed by atoms with Gasteiger partial charge in [0.05, 0.1) is 20.4 Å². The summed E-state index contributed by atoms with van der Waals surface area (Å²) < 4.78 is 12.3. The molecule has 0 bridgehead atoms. The molecule has 20 heavy (non-hydrogen) atoms. The fourth-order valence-corrected chi connectivity index (χ4v) is 2.21. The van der Waals surface area contributed by atoms with Crippen LogP contribution in [0.5, 0.6) is 11.5 Å². The highest BCUT2D eigenvalue weighted by atomic mass is 32.2. The third kappa shape index (κ3) is 2.77. The van der Waals surface area contributed by atoms with Gasteiger partial charge in [-0.05, 0) is 25.3 Å². The Hall–Kier alpha value is -2.02. The van der Waals surface area contributed by atoms with Gasteiger partial charge in [0, 0.05) is 5.56 Å². The van der Waals surface area contributed by atoms with Gasteiger partial charge in [0.15, 0.2) is 17.3 Å². The molecule has 0 unspecified atom stereocenters. The van der Waals surface area contributed by atoms with Crippen molar-refractivity contribution in [3.05, 3.63) is 29.6 Å². The number of aryl methyl sites for hydroxylation is 1. The van der Waals surface area contributed by atoms with Crippen LogP contribution in [0.15, 0.2) is 28.5 Å². The van der Waals surface area contributed by atoms with Gasteiger partial charge in [0.2, 0.25) is 5.16 Å². The van der Waals surface area contributed by atoms with Crippen LogP contribution in [0.4, 0.5) is 0 Å². The van der Waals surface area contributed by atoms with E-state index < -0.39 is 0 Å². The van der Waals surface area contributed by atoms with E-state index in [4.69, 9.17) is 9.47 Å². The van der Waals surface area contributed by atoms with Gasteiger partial charge in [-0.25, -0.2) is 0 Å². The lowest BCUT2D eigenvalue weighted by Crippen LogP contribution is -1.98. The normalized spacial score (nSPS) is 11.0. The molecule has 7 heteroatoms. The summed E-state index contributed by atoms with van der Waals surface area (Å²) in [6.45, 7) is 1.85. The first-order valence-electron chi connectivity index (χ1n) is 5.92. The average Bonchev–Trinajstić information content (AvgIpc) is 2.84. The summed E-state index contributed by atoms with van der Waals surface area (Å²) in [6.07, 6.45) is 3.64. The summed E-state index contributed by atoms with van der Waals surface area (Å²) in [4.78, 5) is 0. The summed E-state index contributed by atoms with van der Waals surface area (Å²) in [5.74, 6) is 2.05. The number of thioether (sulfide) groups is 1. The minimum absolute atomic E-state index is 0.648. The van der Waals surface area contributed by atoms with E-state index in [1.165, 1.54) is 11.8 Å². The summed E-state index contributed by atoms with van der Waals surface area (Å²) in [5.41, 5.74) is 0.826. The molecule has 0 amide bonds. The molecule has 1 aromatic heterocycles. The van der Waals surface area contributed by atoms with Crippen LogP contribution in [0, 0.1) is 6.92 Å². The van der Waals surface area contributed by atoms with Crippen molar-refractivity contribution < 1.29 is 9.47 Å². The molecule has 1 heterocycles. The molecule has 0 fully saturated rings. The van der Waals surface area contributed by atoms with E-state index in [1.54, 1.807) is 25.1 Å². The highest BCUT2D eigenvalue weighted by Gasteiger charge is 2.09. The lowest BCUT2D eigenvalue weighted by molar-refractivity contribution is 0.354. The maximum absolute atomic E-state index is 5.36. The topological polar surface area (TPSA) is 61.5 Å². The lowest BCUT2D eigenvalue weighted by Gasteiger charge is -2.09. The van der Waals surface area contributed by atoms with Gasteiger partial charge in [0.25, 0.3) is 0 Å². The van der Waals surface area contributed by atoms with E-state index in [2.05, 4.69) is 15.3 Å². The molecule has 0 radical (unpaired) electrons. The largest absolute Gasteiger partial charge is 0.493 e. The van der Waals surface area contributed by atoms with Gasteiger partial charge in [-0.15, -0.1) is 10.2 Å². The summed E-state index contributed by atoms with van der Waals surface area (Å²) in [7, 11) is 3.21. The fraction of sp³-hybridized carbons (Fsp3) is 0.308. The quantitative estimate of drug-likeness (QED) is 0.624. The lowest BCUT2D eigenvalue weighted by atomic mass is 10.2. The summed E-state index contributed by atoms with van der Waals surface area (Å²) >= 11 is 1.49. The Balaban J connectivity index is 2.39. The van der Waals surface area contributed by atoms with Gasteiger partial charge in [-0.1, -0.05) is 17.8 Å². The zero-order chi connectivity index (χ0) is 14.5. The Kier molecular flexibility index (Phi) is 4.62. The number of methoxy groups -OCH3 is 2. The number of benzene rings is 1. The van der Waals surface area contributed by atoms with Crippen molar-refractivity contribution >= 4 is 18.0 Å². The number of para-hydroxylation sites is 1. The van der Waals surface area contributed by atoms with Crippen molar-refractivity contribution in [1.29, 1.82) is 0 Å². The smallest absolute Gasteiger partial charge is 0.211 e. The first-order valence-corrected chi connectivity index (χ1v) is 7.15. The van der Waals surface area contributed by atoms with Crippen LogP contribution in [-0.2, 0) is 0 Å². The molecule has 6 nitrogen and oxygen atoms in total. The first-order chi connectivity index (χ1) is 9.71. The van der Waals surface area contributed by atoms with E-state index in [1.807, 2.05) is 31.4 Å². The number of aromatic nitrogens is 3. The molecule has 2 rings (SSSR count). The van der Waals surface area contributed by atoms with Crippen LogP contribution in [0.2, 0.25) is 0 Å². The van der Waals surface area contributed by atoms with E-state index in [9.17, 15) is 0 Å². The monoisotopic (exact) mass is 292 g/mol. The standard InChI is InChI=1S/C13H16N4O2S/c1-9-15-16-13(20-4)17(9)14-8-10-6-5-7-11(18-2)12(10)19-3/h5-8H,1-4H3/b14-8-. The molecular weight excluding hydrogens is 276 g/mol. The Labute approximate surface area is 121 Å². The molecule has 0 atom stereocenters. The van der Waals surface area contributed by atoms with Crippen molar-refractivity contribution in [2.45, 2.75) is 12.1 Å². The van der Waals surface area contributed by atoms with Crippen LogP contribution in [0.25, 0.3) is 0 Å². The fourth-order valence-electron chi connectivity index (χ4n) is 1.73. The first kappa shape index (κ1) is 14.4. The third-order valence-corrected chi connectivity index (χ3v) is 3.32. The van der Waals surface area contributed by atoms with Gasteiger partial charge in [0.1, 0.15) is 0 Å². The number of ether oxygens (including phenoxy) is 2. The third-order valence-electron chi connectivity index (χ3n) is 2.70. The molecule has 0 spiro atoms. The zero-order valence-electron chi connectivity index (χ0n) is 11.8. The molecule has 2 aromatic rings. The Morgan fingerprint density at radius 1 is 1.25 bits per heavy atom. The molecule has 0 aliphatic carbocycles. The minimum Gasteiger partial charge on any atom is -0.493 e. The Morgan fingerprint density at radius 2 is 2.05 bits per heavy atom. The summed E-state index contributed by atoms with van der Waals surface area (Å²) in [5, 5.41) is 13.2. The average molecular weight is 292 g/mol. The molecule has 1 aromatic carbocycles. The van der Waals surface area contributed by atoms with Crippen LogP contribution in [0.1, 0.15) is 11.4 Å². The second kappa shape index (κ2) is 6.42. The van der Waals surface area contributed by atoms with Gasteiger partial charge >= 0.3 is 0 Å². The highest BCUT2D eigenvalue weighted by Crippen LogP contribution is 2.29. The second-order valence-electron chi connectivity index (χ2n) is 3.87. The van der Waals surface area contributed by atoms with Crippen molar-refractivity contribution in [2.75, 3.05) is 20.5 Å². The van der Waals surface area contributed by atoms with Crippen molar-refractivity contribution in [2.24, 2.45) is 5.10 Å². The number of hydrogen-bond acceptors (Lipinski definition) is 6.